The minimum absolute atomic E-state index is 0.145. The number of ether oxygens (including phenoxy) is 1. The van der Waals surface area contributed by atoms with Gasteiger partial charge >= 0.3 is 0 Å². The quantitative estimate of drug-likeness (QED) is 0.335. The van der Waals surface area contributed by atoms with Gasteiger partial charge in [0.05, 0.1) is 19.2 Å². The molecule has 0 aliphatic carbocycles. The van der Waals surface area contributed by atoms with Crippen molar-refractivity contribution in [3.05, 3.63) is 30.1 Å². The molecular formula is C26H37N5O6. The van der Waals surface area contributed by atoms with Crippen LogP contribution in [0.4, 0.5) is 0 Å². The van der Waals surface area contributed by atoms with Gasteiger partial charge in [0, 0.05) is 32.3 Å². The van der Waals surface area contributed by atoms with Crippen LogP contribution in [-0.4, -0.2) is 82.7 Å². The third-order valence-electron chi connectivity index (χ3n) is 6.63. The Kier molecular flexibility index (Phi) is 9.36. The number of nitrogens with one attached hydrogen (secondary N) is 3. The molecule has 2 aliphatic rings. The Morgan fingerprint density at radius 3 is 2.41 bits per heavy atom. The number of hydrogen-bond donors (Lipinski definition) is 3. The predicted molar refractivity (Wildman–Crippen MR) is 134 cm³/mol. The molecule has 202 valence electrons. The van der Waals surface area contributed by atoms with E-state index in [1.165, 1.54) is 11.8 Å². The predicted octanol–water partition coefficient (Wildman–Crippen LogP) is 0.125. The van der Waals surface area contributed by atoms with Crippen LogP contribution in [0, 0.1) is 5.92 Å². The number of likely N-dealkylation sites (tertiary alicyclic amines) is 1. The number of rotatable bonds is 12. The molecule has 3 heterocycles. The van der Waals surface area contributed by atoms with Crippen molar-refractivity contribution in [2.24, 2.45) is 5.92 Å². The van der Waals surface area contributed by atoms with E-state index in [1.54, 1.807) is 31.5 Å². The van der Waals surface area contributed by atoms with Crippen LogP contribution in [0.3, 0.4) is 0 Å². The first-order valence-electron chi connectivity index (χ1n) is 12.7. The highest BCUT2D eigenvalue weighted by Gasteiger charge is 2.50. The minimum atomic E-state index is -0.974. The lowest BCUT2D eigenvalue weighted by molar-refractivity contribution is -0.139. The molecule has 0 aromatic carbocycles. The van der Waals surface area contributed by atoms with Crippen LogP contribution in [0.2, 0.25) is 0 Å². The standard InChI is InChI=1S/C26H37N5O6/c1-16(2)12-19(23(34)26(4)15-37-26)29-24(35)20(13-18-7-9-27-10-8-18)30-25(36)21-6-5-11-31(21)22(33)14-28-17(3)32/h7-10,16,19-21H,5-6,11-15H2,1-4H3,(H,28,32)(H,29,35)(H,30,36)/t19-,20-,21-,26+/m0/s1. The van der Waals surface area contributed by atoms with E-state index in [4.69, 9.17) is 4.74 Å². The van der Waals surface area contributed by atoms with Crippen molar-refractivity contribution in [3.63, 3.8) is 0 Å². The van der Waals surface area contributed by atoms with Gasteiger partial charge in [-0.3, -0.25) is 29.0 Å². The van der Waals surface area contributed by atoms with Gasteiger partial charge in [0.1, 0.15) is 17.7 Å². The Morgan fingerprint density at radius 1 is 1.14 bits per heavy atom. The second-order valence-corrected chi connectivity index (χ2v) is 10.4. The van der Waals surface area contributed by atoms with Crippen LogP contribution in [0.1, 0.15) is 52.5 Å². The molecular weight excluding hydrogens is 478 g/mol. The smallest absolute Gasteiger partial charge is 0.243 e. The molecule has 2 fully saturated rings. The molecule has 0 unspecified atom stereocenters. The molecule has 37 heavy (non-hydrogen) atoms. The fourth-order valence-electron chi connectivity index (χ4n) is 4.47. The van der Waals surface area contributed by atoms with E-state index in [2.05, 4.69) is 20.9 Å². The molecule has 0 spiro atoms. The van der Waals surface area contributed by atoms with E-state index in [1.807, 2.05) is 13.8 Å². The van der Waals surface area contributed by atoms with Crippen LogP contribution < -0.4 is 16.0 Å². The maximum absolute atomic E-state index is 13.5. The van der Waals surface area contributed by atoms with Gasteiger partial charge in [-0.2, -0.15) is 0 Å². The van der Waals surface area contributed by atoms with E-state index in [0.717, 1.165) is 5.56 Å². The number of pyridine rings is 1. The number of aromatic nitrogens is 1. The number of carbonyl (C=O) groups is 5. The summed E-state index contributed by atoms with van der Waals surface area (Å²) in [6, 6.07) is 1.03. The summed E-state index contributed by atoms with van der Waals surface area (Å²) in [4.78, 5) is 69.0. The van der Waals surface area contributed by atoms with Gasteiger partial charge in [-0.1, -0.05) is 13.8 Å². The van der Waals surface area contributed by atoms with Crippen molar-refractivity contribution in [3.8, 4) is 0 Å². The van der Waals surface area contributed by atoms with Crippen LogP contribution in [0.15, 0.2) is 24.5 Å². The first-order chi connectivity index (χ1) is 17.5. The molecule has 3 N–H and O–H groups in total. The molecule has 3 rings (SSSR count). The van der Waals surface area contributed by atoms with Crippen LogP contribution in [0.5, 0.6) is 0 Å². The van der Waals surface area contributed by atoms with Gasteiger partial charge in [-0.15, -0.1) is 0 Å². The topological polar surface area (TPSA) is 150 Å². The normalized spacial score (nSPS) is 22.2. The van der Waals surface area contributed by atoms with Crippen molar-refractivity contribution in [1.82, 2.24) is 25.8 Å². The van der Waals surface area contributed by atoms with E-state index in [9.17, 15) is 24.0 Å². The van der Waals surface area contributed by atoms with E-state index < -0.39 is 35.5 Å². The molecule has 0 radical (unpaired) electrons. The Bertz CT molecular complexity index is 1010. The average molecular weight is 516 g/mol. The largest absolute Gasteiger partial charge is 0.361 e. The fraction of sp³-hybridized carbons (Fsp3) is 0.615. The third-order valence-corrected chi connectivity index (χ3v) is 6.63. The fourth-order valence-corrected chi connectivity index (χ4v) is 4.47. The van der Waals surface area contributed by atoms with Crippen LogP contribution in [0.25, 0.3) is 0 Å². The lowest BCUT2D eigenvalue weighted by Crippen LogP contribution is -2.57. The lowest BCUT2D eigenvalue weighted by atomic mass is 9.93. The molecule has 4 atom stereocenters. The van der Waals surface area contributed by atoms with Gasteiger partial charge in [0.2, 0.25) is 23.6 Å². The lowest BCUT2D eigenvalue weighted by Gasteiger charge is -2.28. The highest BCUT2D eigenvalue weighted by atomic mass is 16.6. The van der Waals surface area contributed by atoms with Gasteiger partial charge < -0.3 is 25.6 Å². The number of ketones is 1. The van der Waals surface area contributed by atoms with Gasteiger partial charge in [-0.05, 0) is 49.8 Å². The van der Waals surface area contributed by atoms with E-state index in [0.29, 0.717) is 32.4 Å². The number of nitrogens with zero attached hydrogens (tertiary/aromatic N) is 2. The maximum Gasteiger partial charge on any atom is 0.243 e. The summed E-state index contributed by atoms with van der Waals surface area (Å²) in [6.45, 7) is 7.46. The maximum atomic E-state index is 13.5. The summed E-state index contributed by atoms with van der Waals surface area (Å²) in [5.41, 5.74) is -0.111. The zero-order valence-electron chi connectivity index (χ0n) is 21.9. The highest BCUT2D eigenvalue weighted by molar-refractivity contribution is 5.98. The molecule has 1 aromatic heterocycles. The summed E-state index contributed by atoms with van der Waals surface area (Å²) in [7, 11) is 0. The van der Waals surface area contributed by atoms with Crippen molar-refractivity contribution in [2.45, 2.75) is 77.1 Å². The summed E-state index contributed by atoms with van der Waals surface area (Å²) in [5, 5.41) is 8.13. The number of hydrogen-bond acceptors (Lipinski definition) is 7. The third kappa shape index (κ3) is 7.82. The monoisotopic (exact) mass is 515 g/mol. The summed E-state index contributed by atoms with van der Waals surface area (Å²) >= 11 is 0. The van der Waals surface area contributed by atoms with Crippen LogP contribution in [-0.2, 0) is 35.1 Å². The summed E-state index contributed by atoms with van der Waals surface area (Å²) in [5.74, 6) is -1.67. The van der Waals surface area contributed by atoms with Gasteiger partial charge in [-0.25, -0.2) is 0 Å². The molecule has 0 bridgehead atoms. The zero-order valence-corrected chi connectivity index (χ0v) is 21.9. The number of epoxide rings is 1. The zero-order chi connectivity index (χ0) is 27.2. The van der Waals surface area contributed by atoms with E-state index >= 15 is 0 Å². The molecule has 1 aromatic rings. The number of carbonyl (C=O) groups excluding carboxylic acids is 5. The second-order valence-electron chi connectivity index (χ2n) is 10.4. The first-order valence-corrected chi connectivity index (χ1v) is 12.7. The van der Waals surface area contributed by atoms with Crippen molar-refractivity contribution in [1.29, 1.82) is 0 Å². The number of Topliss-reactive ketones (excluding diaryl/α,β-unsaturated/α-hetero) is 1. The van der Waals surface area contributed by atoms with Crippen molar-refractivity contribution >= 4 is 29.4 Å². The number of amides is 4. The van der Waals surface area contributed by atoms with Crippen molar-refractivity contribution in [2.75, 3.05) is 19.7 Å². The Morgan fingerprint density at radius 2 is 1.81 bits per heavy atom. The molecule has 2 aliphatic heterocycles. The van der Waals surface area contributed by atoms with Gasteiger partial charge in [0.15, 0.2) is 5.78 Å². The Hall–Kier alpha value is -3.34. The summed E-state index contributed by atoms with van der Waals surface area (Å²) in [6.07, 6.45) is 4.90. The highest BCUT2D eigenvalue weighted by Crippen LogP contribution is 2.29. The molecule has 11 heteroatoms. The molecule has 11 nitrogen and oxygen atoms in total. The minimum Gasteiger partial charge on any atom is -0.361 e. The molecule has 0 saturated carbocycles. The Balaban J connectivity index is 1.75. The average Bonchev–Trinajstić information content (AvgIpc) is 3.40. The Labute approximate surface area is 217 Å². The van der Waals surface area contributed by atoms with Crippen molar-refractivity contribution < 1.29 is 28.7 Å². The van der Waals surface area contributed by atoms with E-state index in [-0.39, 0.29) is 36.5 Å². The molecule has 4 amide bonds. The SMILES string of the molecule is CC(=O)NCC(=O)N1CCC[C@H]1C(=O)N[C@@H](Cc1ccncc1)C(=O)N[C@@H](CC(C)C)C(=O)[C@@]1(C)CO1. The first kappa shape index (κ1) is 28.2. The van der Waals surface area contributed by atoms with Gasteiger partial charge in [0.25, 0.3) is 0 Å². The van der Waals surface area contributed by atoms with Crippen LogP contribution >= 0.6 is 0 Å². The summed E-state index contributed by atoms with van der Waals surface area (Å²) < 4.78 is 5.32. The second kappa shape index (κ2) is 12.3. The molecule has 2 saturated heterocycles.